The van der Waals surface area contributed by atoms with Gasteiger partial charge in [0.2, 0.25) is 0 Å². The molecule has 0 aliphatic carbocycles. The lowest BCUT2D eigenvalue weighted by Gasteiger charge is -2.35. The fraction of sp³-hybridized carbons (Fsp3) is 0.200. The van der Waals surface area contributed by atoms with Gasteiger partial charge in [-0.1, -0.05) is 18.2 Å². The topological polar surface area (TPSA) is 120 Å². The van der Waals surface area contributed by atoms with Crippen molar-refractivity contribution in [2.75, 3.05) is 36.8 Å². The first kappa shape index (κ1) is 20.4. The number of para-hydroxylation sites is 2. The van der Waals surface area contributed by atoms with E-state index < -0.39 is 0 Å². The van der Waals surface area contributed by atoms with Gasteiger partial charge in [-0.05, 0) is 29.8 Å². The minimum Gasteiger partial charge on any atom is -0.396 e. The number of nitrogens with two attached hydrogens (primary N) is 1. The summed E-state index contributed by atoms with van der Waals surface area (Å²) < 4.78 is 0. The summed E-state index contributed by atoms with van der Waals surface area (Å²) in [5.74, 6) is 0.925. The number of aromatic amines is 2. The molecule has 3 aromatic heterocycles. The number of nitrogen functional groups attached to an aromatic ring is 1. The van der Waals surface area contributed by atoms with Crippen molar-refractivity contribution in [3.05, 3.63) is 77.0 Å². The highest BCUT2D eigenvalue weighted by atomic mass is 16.1. The first-order chi connectivity index (χ1) is 16.7. The highest BCUT2D eigenvalue weighted by molar-refractivity contribution is 6.00. The Morgan fingerprint density at radius 1 is 0.971 bits per heavy atom. The van der Waals surface area contributed by atoms with Crippen molar-refractivity contribution >= 4 is 33.4 Å². The van der Waals surface area contributed by atoms with Gasteiger partial charge in [0, 0.05) is 56.0 Å². The van der Waals surface area contributed by atoms with Gasteiger partial charge in [0.15, 0.2) is 5.69 Å². The summed E-state index contributed by atoms with van der Waals surface area (Å²) in [7, 11) is 0. The van der Waals surface area contributed by atoms with E-state index in [1.54, 1.807) is 12.4 Å². The van der Waals surface area contributed by atoms with Crippen LogP contribution in [0.5, 0.6) is 0 Å². The highest BCUT2D eigenvalue weighted by Crippen LogP contribution is 2.31. The van der Waals surface area contributed by atoms with Crippen LogP contribution in [0.4, 0.5) is 11.5 Å². The molecule has 0 unspecified atom stereocenters. The van der Waals surface area contributed by atoms with Crippen molar-refractivity contribution in [3.63, 3.8) is 0 Å². The van der Waals surface area contributed by atoms with Crippen molar-refractivity contribution < 1.29 is 0 Å². The first-order valence-corrected chi connectivity index (χ1v) is 11.3. The fourth-order valence-electron chi connectivity index (χ4n) is 4.59. The van der Waals surface area contributed by atoms with E-state index in [1.807, 2.05) is 36.5 Å². The zero-order valence-corrected chi connectivity index (χ0v) is 18.5. The molecule has 9 heteroatoms. The zero-order valence-electron chi connectivity index (χ0n) is 18.5. The number of hydrogen-bond acceptors (Lipinski definition) is 7. The maximum atomic E-state index is 12.7. The number of H-pyrrole nitrogens is 2. The number of benzene rings is 2. The predicted octanol–water partition coefficient (Wildman–Crippen LogP) is 2.77. The lowest BCUT2D eigenvalue weighted by Crippen LogP contribution is -2.46. The minimum absolute atomic E-state index is 0.266. The predicted molar refractivity (Wildman–Crippen MR) is 134 cm³/mol. The van der Waals surface area contributed by atoms with Gasteiger partial charge in [-0.25, -0.2) is 9.97 Å². The Morgan fingerprint density at radius 3 is 2.65 bits per heavy atom. The zero-order chi connectivity index (χ0) is 23.1. The summed E-state index contributed by atoms with van der Waals surface area (Å²) in [5.41, 5.74) is 11.1. The number of fused-ring (bicyclic) bond motifs is 2. The third-order valence-electron chi connectivity index (χ3n) is 6.39. The van der Waals surface area contributed by atoms with Crippen molar-refractivity contribution in [2.24, 2.45) is 0 Å². The van der Waals surface area contributed by atoms with E-state index in [4.69, 9.17) is 5.73 Å². The van der Waals surface area contributed by atoms with Crippen LogP contribution in [0.2, 0.25) is 0 Å². The number of rotatable bonds is 4. The Balaban J connectivity index is 1.24. The van der Waals surface area contributed by atoms with Gasteiger partial charge in [-0.2, -0.15) is 0 Å². The molecule has 5 aromatic rings. The van der Waals surface area contributed by atoms with E-state index in [9.17, 15) is 4.79 Å². The summed E-state index contributed by atoms with van der Waals surface area (Å²) in [6, 6.07) is 13.7. The van der Waals surface area contributed by atoms with Crippen LogP contribution in [-0.4, -0.2) is 56.0 Å². The molecule has 6 rings (SSSR count). The maximum absolute atomic E-state index is 12.7. The van der Waals surface area contributed by atoms with Crippen molar-refractivity contribution in [2.45, 2.75) is 6.54 Å². The molecular formula is C25H24N8O. The minimum atomic E-state index is -0.266. The molecular weight excluding hydrogens is 428 g/mol. The summed E-state index contributed by atoms with van der Waals surface area (Å²) in [5, 5.41) is 0.903. The second-order valence-corrected chi connectivity index (χ2v) is 8.55. The summed E-state index contributed by atoms with van der Waals surface area (Å²) in [6.07, 6.45) is 5.24. The van der Waals surface area contributed by atoms with Crippen molar-refractivity contribution in [1.82, 2.24) is 29.8 Å². The molecule has 4 heterocycles. The second kappa shape index (κ2) is 8.27. The number of nitrogens with zero attached hydrogens (tertiary/aromatic N) is 5. The molecule has 4 N–H and O–H groups in total. The van der Waals surface area contributed by atoms with Crippen LogP contribution < -0.4 is 16.2 Å². The molecule has 1 aliphatic heterocycles. The molecule has 34 heavy (non-hydrogen) atoms. The van der Waals surface area contributed by atoms with Crippen LogP contribution in [0.25, 0.3) is 33.3 Å². The van der Waals surface area contributed by atoms with E-state index >= 15 is 0 Å². The Bertz CT molecular complexity index is 1530. The average Bonchev–Trinajstić information content (AvgIpc) is 3.20. The number of hydrogen-bond donors (Lipinski definition) is 3. The van der Waals surface area contributed by atoms with Gasteiger partial charge < -0.3 is 20.6 Å². The van der Waals surface area contributed by atoms with Crippen LogP contribution in [0.1, 0.15) is 5.56 Å². The molecule has 170 valence electrons. The fourth-order valence-corrected chi connectivity index (χ4v) is 4.59. The maximum Gasteiger partial charge on any atom is 0.276 e. The standard InChI is InChI=1S/C25H24N8O/c26-22-17-13-16(15-32-9-11-33(12-10-32)21-14-27-7-8-28-21)5-6-18(17)29-23(22)24-25(34)31-20-4-2-1-3-19(20)30-24/h1-8,13-14,29H,9-12,15,26H2,(H,31,34). The number of piperazine rings is 1. The Kier molecular flexibility index (Phi) is 4.96. The Hall–Kier alpha value is -4.24. The van der Waals surface area contributed by atoms with Crippen molar-refractivity contribution in [3.8, 4) is 11.4 Å². The molecule has 1 saturated heterocycles. The highest BCUT2D eigenvalue weighted by Gasteiger charge is 2.20. The first-order valence-electron chi connectivity index (χ1n) is 11.3. The van der Waals surface area contributed by atoms with E-state index in [0.717, 1.165) is 55.0 Å². The van der Waals surface area contributed by atoms with Gasteiger partial charge in [0.25, 0.3) is 5.56 Å². The molecule has 0 atom stereocenters. The Labute approximate surface area is 195 Å². The molecule has 2 aromatic carbocycles. The summed E-state index contributed by atoms with van der Waals surface area (Å²) in [6.45, 7) is 4.54. The van der Waals surface area contributed by atoms with Gasteiger partial charge in [0.05, 0.1) is 28.6 Å². The van der Waals surface area contributed by atoms with E-state index in [0.29, 0.717) is 22.6 Å². The lowest BCUT2D eigenvalue weighted by molar-refractivity contribution is 0.249. The van der Waals surface area contributed by atoms with E-state index in [2.05, 4.69) is 46.9 Å². The largest absolute Gasteiger partial charge is 0.396 e. The monoisotopic (exact) mass is 452 g/mol. The smallest absolute Gasteiger partial charge is 0.276 e. The molecule has 1 aliphatic rings. The SMILES string of the molecule is Nc1c(-c2nc3ccccc3[nH]c2=O)[nH]c2ccc(CN3CCN(c4cnccn4)CC3)cc12. The molecule has 0 saturated carbocycles. The number of aromatic nitrogens is 5. The summed E-state index contributed by atoms with van der Waals surface area (Å²) in [4.78, 5) is 36.7. The Morgan fingerprint density at radius 2 is 1.82 bits per heavy atom. The quantitative estimate of drug-likeness (QED) is 0.383. The van der Waals surface area contributed by atoms with Crippen LogP contribution in [0.15, 0.2) is 65.8 Å². The third-order valence-corrected chi connectivity index (χ3v) is 6.39. The number of nitrogens with one attached hydrogen (secondary N) is 2. The van der Waals surface area contributed by atoms with Crippen LogP contribution in [0, 0.1) is 0 Å². The van der Waals surface area contributed by atoms with Gasteiger partial charge in [-0.3, -0.25) is 14.7 Å². The number of anilines is 2. The normalized spacial score (nSPS) is 14.8. The van der Waals surface area contributed by atoms with Crippen LogP contribution >= 0.6 is 0 Å². The molecule has 0 bridgehead atoms. The van der Waals surface area contributed by atoms with Crippen LogP contribution in [0.3, 0.4) is 0 Å². The lowest BCUT2D eigenvalue weighted by atomic mass is 10.1. The molecule has 0 radical (unpaired) electrons. The summed E-state index contributed by atoms with van der Waals surface area (Å²) >= 11 is 0. The molecule has 0 spiro atoms. The second-order valence-electron chi connectivity index (χ2n) is 8.55. The molecule has 9 nitrogen and oxygen atoms in total. The van der Waals surface area contributed by atoms with Crippen LogP contribution in [-0.2, 0) is 6.54 Å². The molecule has 0 amide bonds. The molecule has 1 fully saturated rings. The third kappa shape index (κ3) is 3.65. The van der Waals surface area contributed by atoms with Gasteiger partial charge >= 0.3 is 0 Å². The van der Waals surface area contributed by atoms with E-state index in [-0.39, 0.29) is 5.56 Å². The van der Waals surface area contributed by atoms with E-state index in [1.165, 1.54) is 5.56 Å². The van der Waals surface area contributed by atoms with Gasteiger partial charge in [0.1, 0.15) is 5.82 Å². The average molecular weight is 453 g/mol. The van der Waals surface area contributed by atoms with Crippen molar-refractivity contribution in [1.29, 1.82) is 0 Å². The van der Waals surface area contributed by atoms with Gasteiger partial charge in [-0.15, -0.1) is 0 Å².